The van der Waals surface area contributed by atoms with Crippen molar-refractivity contribution in [1.82, 2.24) is 4.90 Å². The predicted octanol–water partition coefficient (Wildman–Crippen LogP) is 4.46. The molecule has 0 heterocycles. The van der Waals surface area contributed by atoms with Crippen molar-refractivity contribution in [3.05, 3.63) is 47.0 Å². The van der Waals surface area contributed by atoms with Crippen LogP contribution in [0.4, 0.5) is 0 Å². The van der Waals surface area contributed by atoms with Gasteiger partial charge in [-0.3, -0.25) is 4.90 Å². The topological polar surface area (TPSA) is 49.8 Å². The number of ether oxygens (including phenoxy) is 1. The Kier molecular flexibility index (Phi) is 8.81. The number of benzene rings is 1. The molecule has 0 aromatic heterocycles. The number of carbonyl (C=O) groups excluding carboxylic acids is 1. The van der Waals surface area contributed by atoms with Crippen molar-refractivity contribution in [1.29, 1.82) is 0 Å². The Bertz CT molecular complexity index is 609. The van der Waals surface area contributed by atoms with Crippen LogP contribution in [0.15, 0.2) is 41.4 Å². The van der Waals surface area contributed by atoms with Crippen LogP contribution in [0.2, 0.25) is 0 Å². The first kappa shape index (κ1) is 21.9. The monoisotopic (exact) mass is 393 g/mol. The van der Waals surface area contributed by atoms with Gasteiger partial charge in [0, 0.05) is 17.5 Å². The Morgan fingerprint density at radius 3 is 2.44 bits per heavy atom. The summed E-state index contributed by atoms with van der Waals surface area (Å²) >= 11 is 6.26. The van der Waals surface area contributed by atoms with Gasteiger partial charge in [-0.2, -0.15) is 0 Å². The fourth-order valence-corrected chi connectivity index (χ4v) is 4.01. The van der Waals surface area contributed by atoms with Crippen LogP contribution >= 0.6 is 11.6 Å². The number of rotatable bonds is 9. The van der Waals surface area contributed by atoms with Gasteiger partial charge in [-0.1, -0.05) is 75.0 Å². The summed E-state index contributed by atoms with van der Waals surface area (Å²) in [7, 11) is 0. The molecule has 0 radical (unpaired) electrons. The normalized spacial score (nSPS) is 18.3. The minimum Gasteiger partial charge on any atom is -0.459 e. The van der Waals surface area contributed by atoms with Crippen LogP contribution in [0.5, 0.6) is 0 Å². The fourth-order valence-electron chi connectivity index (χ4n) is 3.78. The minimum atomic E-state index is -1.60. The summed E-state index contributed by atoms with van der Waals surface area (Å²) in [5, 5.41) is 12.1. The van der Waals surface area contributed by atoms with Crippen LogP contribution in [0, 0.1) is 5.92 Å². The molecule has 1 saturated carbocycles. The van der Waals surface area contributed by atoms with Gasteiger partial charge >= 0.3 is 5.97 Å². The average molecular weight is 394 g/mol. The van der Waals surface area contributed by atoms with Gasteiger partial charge in [-0.05, 0) is 37.6 Å². The largest absolute Gasteiger partial charge is 0.459 e. The lowest BCUT2D eigenvalue weighted by Crippen LogP contribution is -2.45. The first-order chi connectivity index (χ1) is 13.0. The minimum absolute atomic E-state index is 0.0702. The maximum absolute atomic E-state index is 12.9. The van der Waals surface area contributed by atoms with Gasteiger partial charge in [0.25, 0.3) is 0 Å². The van der Waals surface area contributed by atoms with Gasteiger partial charge < -0.3 is 9.84 Å². The average Bonchev–Trinajstić information content (AvgIpc) is 2.72. The number of esters is 1. The summed E-state index contributed by atoms with van der Waals surface area (Å²) in [5.41, 5.74) is -0.985. The van der Waals surface area contributed by atoms with Crippen molar-refractivity contribution in [2.75, 3.05) is 26.2 Å². The zero-order valence-electron chi connectivity index (χ0n) is 16.5. The molecule has 150 valence electrons. The van der Waals surface area contributed by atoms with E-state index < -0.39 is 11.6 Å². The number of likely N-dealkylation sites (N-methyl/N-ethyl adjacent to an activating group) is 1. The molecule has 2 rings (SSSR count). The highest BCUT2D eigenvalue weighted by Gasteiger charge is 2.46. The summed E-state index contributed by atoms with van der Waals surface area (Å²) < 4.78 is 5.47. The number of nitrogens with zero attached hydrogens (tertiary/aromatic N) is 1. The Hall–Kier alpha value is -1.36. The molecule has 4 nitrogen and oxygen atoms in total. The number of halogens is 1. The smallest absolute Gasteiger partial charge is 0.343 e. The van der Waals surface area contributed by atoms with E-state index in [0.717, 1.165) is 45.2 Å². The molecule has 0 saturated heterocycles. The summed E-state index contributed by atoms with van der Waals surface area (Å²) in [6.45, 7) is 6.69. The highest BCUT2D eigenvalue weighted by molar-refractivity contribution is 6.29. The van der Waals surface area contributed by atoms with Gasteiger partial charge in [0.2, 0.25) is 0 Å². The molecule has 1 unspecified atom stereocenters. The van der Waals surface area contributed by atoms with Crippen LogP contribution in [-0.2, 0) is 15.1 Å². The molecular formula is C22H32ClNO3. The van der Waals surface area contributed by atoms with Gasteiger partial charge in [0.15, 0.2) is 5.60 Å². The zero-order chi connectivity index (χ0) is 19.7. The third-order valence-corrected chi connectivity index (χ3v) is 5.78. The van der Waals surface area contributed by atoms with Gasteiger partial charge in [0.1, 0.15) is 6.61 Å². The molecule has 1 aromatic rings. The molecule has 1 aliphatic rings. The van der Waals surface area contributed by atoms with E-state index in [2.05, 4.69) is 18.7 Å². The van der Waals surface area contributed by atoms with Crippen molar-refractivity contribution in [2.45, 2.75) is 51.6 Å². The van der Waals surface area contributed by atoms with E-state index in [1.165, 1.54) is 0 Å². The molecule has 27 heavy (non-hydrogen) atoms. The molecule has 0 spiro atoms. The third-order valence-electron chi connectivity index (χ3n) is 5.51. The molecule has 1 N–H and O–H groups in total. The van der Waals surface area contributed by atoms with Crippen LogP contribution in [-0.4, -0.2) is 42.2 Å². The third kappa shape index (κ3) is 5.81. The number of hydrogen-bond donors (Lipinski definition) is 1. The maximum atomic E-state index is 12.9. The van der Waals surface area contributed by atoms with Crippen molar-refractivity contribution in [3.8, 4) is 0 Å². The van der Waals surface area contributed by atoms with E-state index in [-0.39, 0.29) is 12.5 Å². The Labute approximate surface area is 168 Å². The van der Waals surface area contributed by atoms with Gasteiger partial charge in [0.05, 0.1) is 0 Å². The Morgan fingerprint density at radius 2 is 1.85 bits per heavy atom. The fraction of sp³-hybridized carbons (Fsp3) is 0.591. The van der Waals surface area contributed by atoms with E-state index >= 15 is 0 Å². The van der Waals surface area contributed by atoms with Crippen LogP contribution in [0.1, 0.15) is 51.5 Å². The van der Waals surface area contributed by atoms with Crippen LogP contribution < -0.4 is 0 Å². The molecule has 1 aliphatic carbocycles. The van der Waals surface area contributed by atoms with Gasteiger partial charge in [-0.25, -0.2) is 4.79 Å². The lowest BCUT2D eigenvalue weighted by molar-refractivity contribution is -0.174. The molecule has 0 amide bonds. The highest BCUT2D eigenvalue weighted by atomic mass is 35.5. The highest BCUT2D eigenvalue weighted by Crippen LogP contribution is 2.40. The number of aliphatic hydroxyl groups is 1. The molecular weight excluding hydrogens is 362 g/mol. The van der Waals surface area contributed by atoms with Crippen LogP contribution in [0.25, 0.3) is 0 Å². The first-order valence-electron chi connectivity index (χ1n) is 10.0. The first-order valence-corrected chi connectivity index (χ1v) is 10.4. The Balaban J connectivity index is 2.08. The van der Waals surface area contributed by atoms with Gasteiger partial charge in [-0.15, -0.1) is 0 Å². The van der Waals surface area contributed by atoms with Crippen molar-refractivity contribution >= 4 is 17.6 Å². The van der Waals surface area contributed by atoms with Crippen molar-refractivity contribution < 1.29 is 14.6 Å². The summed E-state index contributed by atoms with van der Waals surface area (Å²) in [6, 6.07) is 9.18. The molecule has 1 atom stereocenters. The summed E-state index contributed by atoms with van der Waals surface area (Å²) in [4.78, 5) is 15.1. The molecule has 1 fully saturated rings. The summed E-state index contributed by atoms with van der Waals surface area (Å²) in [5.74, 6) is -0.694. The second-order valence-corrected chi connectivity index (χ2v) is 7.66. The summed E-state index contributed by atoms with van der Waals surface area (Å²) in [6.07, 6.45) is 6.59. The second kappa shape index (κ2) is 10.8. The standard InChI is InChI=1S/C22H32ClNO3/c1-3-24(4-2)17-20(23)15-16-27-21(25)22(26,18-11-7-5-8-12-18)19-13-9-6-10-14-19/h5,7-8,11-12,15,19,26H,3-4,6,9-10,13-14,16-17H2,1-2H3/b20-15-. The van der Waals surface area contributed by atoms with E-state index in [4.69, 9.17) is 16.3 Å². The van der Waals surface area contributed by atoms with E-state index in [9.17, 15) is 9.90 Å². The predicted molar refractivity (Wildman–Crippen MR) is 110 cm³/mol. The van der Waals surface area contributed by atoms with E-state index in [1.54, 1.807) is 18.2 Å². The lowest BCUT2D eigenvalue weighted by Gasteiger charge is -2.36. The second-order valence-electron chi connectivity index (χ2n) is 7.18. The number of hydrogen-bond acceptors (Lipinski definition) is 4. The lowest BCUT2D eigenvalue weighted by atomic mass is 9.73. The van der Waals surface area contributed by atoms with Crippen LogP contribution in [0.3, 0.4) is 0 Å². The molecule has 0 bridgehead atoms. The molecule has 0 aliphatic heterocycles. The SMILES string of the molecule is CCN(CC)C/C(Cl)=C/COC(=O)C(O)(c1ccccc1)C1CCCCC1. The van der Waals surface area contributed by atoms with E-state index in [1.807, 2.05) is 18.2 Å². The Morgan fingerprint density at radius 1 is 1.22 bits per heavy atom. The number of carbonyl (C=O) groups is 1. The van der Waals surface area contributed by atoms with Crippen molar-refractivity contribution in [3.63, 3.8) is 0 Å². The maximum Gasteiger partial charge on any atom is 0.343 e. The molecule has 5 heteroatoms. The van der Waals surface area contributed by atoms with Crippen molar-refractivity contribution in [2.24, 2.45) is 5.92 Å². The van der Waals surface area contributed by atoms with E-state index in [0.29, 0.717) is 17.1 Å². The molecule has 1 aromatic carbocycles. The quantitative estimate of drug-likeness (QED) is 0.629. The zero-order valence-corrected chi connectivity index (χ0v) is 17.3.